The molecule has 3 rings (SSSR count). The Morgan fingerprint density at radius 1 is 1.16 bits per heavy atom. The third-order valence-electron chi connectivity index (χ3n) is 4.15. The molecule has 0 aliphatic heterocycles. The Balaban J connectivity index is 2.02. The Morgan fingerprint density at radius 3 is 2.64 bits per heavy atom. The highest BCUT2D eigenvalue weighted by molar-refractivity contribution is 7.16. The number of terminal acetylenes is 1. The lowest BCUT2D eigenvalue weighted by Crippen LogP contribution is -2.17. The van der Waals surface area contributed by atoms with Crippen molar-refractivity contribution in [2.45, 2.75) is 33.7 Å². The van der Waals surface area contributed by atoms with E-state index in [0.717, 1.165) is 26.9 Å². The molecule has 0 atom stereocenters. The van der Waals surface area contributed by atoms with Gasteiger partial charge in [-0.2, -0.15) is 4.99 Å². The van der Waals surface area contributed by atoms with Gasteiger partial charge in [0.15, 0.2) is 4.80 Å². The second-order valence-corrected chi connectivity index (χ2v) is 7.27. The molecule has 0 unspecified atom stereocenters. The van der Waals surface area contributed by atoms with E-state index in [4.69, 9.17) is 6.42 Å². The van der Waals surface area contributed by atoms with E-state index < -0.39 is 0 Å². The maximum atomic E-state index is 12.5. The van der Waals surface area contributed by atoms with Gasteiger partial charge in [0, 0.05) is 0 Å². The maximum Gasteiger partial charge on any atom is 0.252 e. The molecule has 1 aromatic heterocycles. The van der Waals surface area contributed by atoms with Crippen LogP contribution < -0.4 is 4.80 Å². The highest BCUT2D eigenvalue weighted by Gasteiger charge is 2.09. The van der Waals surface area contributed by atoms with Gasteiger partial charge in [0.05, 0.1) is 23.2 Å². The van der Waals surface area contributed by atoms with Crippen molar-refractivity contribution >= 4 is 27.5 Å². The van der Waals surface area contributed by atoms with Gasteiger partial charge >= 0.3 is 0 Å². The molecule has 0 N–H and O–H groups in total. The Bertz CT molecular complexity index is 1060. The molecule has 3 aromatic rings. The first-order valence-electron chi connectivity index (χ1n) is 8.15. The summed E-state index contributed by atoms with van der Waals surface area (Å²) in [7, 11) is 0. The molecule has 0 saturated heterocycles. The lowest BCUT2D eigenvalue weighted by Gasteiger charge is -2.04. The molecule has 1 amide bonds. The van der Waals surface area contributed by atoms with Crippen LogP contribution in [0.5, 0.6) is 0 Å². The van der Waals surface area contributed by atoms with E-state index in [1.807, 2.05) is 49.6 Å². The van der Waals surface area contributed by atoms with Crippen molar-refractivity contribution in [1.29, 1.82) is 0 Å². The number of nitrogens with zero attached hydrogens (tertiary/aromatic N) is 2. The van der Waals surface area contributed by atoms with Crippen LogP contribution in [0, 0.1) is 33.1 Å². The first-order valence-corrected chi connectivity index (χ1v) is 8.96. The van der Waals surface area contributed by atoms with Gasteiger partial charge in [-0.05, 0) is 49.6 Å². The third-order valence-corrected chi connectivity index (χ3v) is 5.20. The summed E-state index contributed by atoms with van der Waals surface area (Å²) in [6.45, 7) is 6.49. The number of fused-ring (bicyclic) bond motifs is 1. The highest BCUT2D eigenvalue weighted by atomic mass is 32.1. The zero-order valence-corrected chi connectivity index (χ0v) is 15.5. The van der Waals surface area contributed by atoms with Gasteiger partial charge in [-0.15, -0.1) is 6.42 Å². The number of amides is 1. The standard InChI is InChI=1S/C21H20N2OS/c1-5-10-23-18-9-7-15(3)12-19(18)25-21(23)22-20(24)13-17-11-14(2)6-8-16(17)4/h1,6-9,11-12H,10,13H2,2-4H3. The monoisotopic (exact) mass is 348 g/mol. The van der Waals surface area contributed by atoms with Crippen molar-refractivity contribution < 1.29 is 4.79 Å². The zero-order chi connectivity index (χ0) is 18.0. The molecule has 0 aliphatic rings. The van der Waals surface area contributed by atoms with Crippen LogP contribution in [0.4, 0.5) is 0 Å². The van der Waals surface area contributed by atoms with Crippen LogP contribution in [0.15, 0.2) is 41.4 Å². The molecule has 0 aliphatic carbocycles. The number of hydrogen-bond donors (Lipinski definition) is 0. The second-order valence-electron chi connectivity index (χ2n) is 6.26. The van der Waals surface area contributed by atoms with E-state index in [9.17, 15) is 4.79 Å². The van der Waals surface area contributed by atoms with Crippen molar-refractivity contribution in [2.24, 2.45) is 4.99 Å². The molecule has 3 nitrogen and oxygen atoms in total. The molecule has 0 saturated carbocycles. The van der Waals surface area contributed by atoms with E-state index in [1.54, 1.807) is 0 Å². The minimum Gasteiger partial charge on any atom is -0.305 e. The molecule has 0 radical (unpaired) electrons. The number of aryl methyl sites for hydroxylation is 3. The number of carbonyl (C=O) groups excluding carboxylic acids is 1. The van der Waals surface area contributed by atoms with E-state index in [0.29, 0.717) is 17.8 Å². The number of rotatable bonds is 3. The van der Waals surface area contributed by atoms with Gasteiger partial charge in [0.25, 0.3) is 5.91 Å². The van der Waals surface area contributed by atoms with Crippen molar-refractivity contribution in [3.63, 3.8) is 0 Å². The summed E-state index contributed by atoms with van der Waals surface area (Å²) in [4.78, 5) is 17.5. The fraction of sp³-hybridized carbons (Fsp3) is 0.238. The number of hydrogen-bond acceptors (Lipinski definition) is 2. The predicted octanol–water partition coefficient (Wildman–Crippen LogP) is 3.93. The summed E-state index contributed by atoms with van der Waals surface area (Å²) in [5.74, 6) is 2.50. The number of aromatic nitrogens is 1. The lowest BCUT2D eigenvalue weighted by atomic mass is 10.0. The Hall–Kier alpha value is -2.64. The first-order chi connectivity index (χ1) is 12.0. The van der Waals surface area contributed by atoms with E-state index in [1.165, 1.54) is 16.9 Å². The summed E-state index contributed by atoms with van der Waals surface area (Å²) in [5.41, 5.74) is 5.47. The summed E-state index contributed by atoms with van der Waals surface area (Å²) in [6.07, 6.45) is 5.81. The average molecular weight is 348 g/mol. The molecule has 126 valence electrons. The van der Waals surface area contributed by atoms with Crippen molar-refractivity contribution in [1.82, 2.24) is 4.57 Å². The number of benzene rings is 2. The molecule has 0 fully saturated rings. The number of carbonyl (C=O) groups is 1. The number of thiazole rings is 1. The van der Waals surface area contributed by atoms with E-state index >= 15 is 0 Å². The Labute approximate surface area is 151 Å². The van der Waals surface area contributed by atoms with E-state index in [-0.39, 0.29) is 5.91 Å². The van der Waals surface area contributed by atoms with Gasteiger partial charge in [0.2, 0.25) is 0 Å². The van der Waals surface area contributed by atoms with Crippen LogP contribution >= 0.6 is 11.3 Å². The first kappa shape index (κ1) is 17.2. The molecule has 4 heteroatoms. The molecule has 1 heterocycles. The lowest BCUT2D eigenvalue weighted by molar-refractivity contribution is -0.117. The smallest absolute Gasteiger partial charge is 0.252 e. The van der Waals surface area contributed by atoms with Gasteiger partial charge in [-0.25, -0.2) is 0 Å². The fourth-order valence-electron chi connectivity index (χ4n) is 2.81. The molecule has 2 aromatic carbocycles. The van der Waals surface area contributed by atoms with Crippen molar-refractivity contribution in [2.75, 3.05) is 0 Å². The van der Waals surface area contributed by atoms with Crippen LogP contribution in [-0.4, -0.2) is 10.5 Å². The maximum absolute atomic E-state index is 12.5. The van der Waals surface area contributed by atoms with Gasteiger partial charge in [-0.3, -0.25) is 4.79 Å². The quantitative estimate of drug-likeness (QED) is 0.660. The molecule has 0 bridgehead atoms. The molecular formula is C21H20N2OS. The van der Waals surface area contributed by atoms with Crippen molar-refractivity contribution in [3.05, 3.63) is 63.5 Å². The largest absolute Gasteiger partial charge is 0.305 e. The molecule has 25 heavy (non-hydrogen) atoms. The summed E-state index contributed by atoms with van der Waals surface area (Å²) >= 11 is 1.50. The Kier molecular flexibility index (Phi) is 4.87. The van der Waals surface area contributed by atoms with Crippen LogP contribution in [-0.2, 0) is 17.8 Å². The summed E-state index contributed by atoms with van der Waals surface area (Å²) < 4.78 is 3.02. The second kappa shape index (κ2) is 7.08. The van der Waals surface area contributed by atoms with E-state index in [2.05, 4.69) is 23.0 Å². The van der Waals surface area contributed by atoms with Gasteiger partial charge < -0.3 is 4.57 Å². The average Bonchev–Trinajstić information content (AvgIpc) is 2.88. The normalized spacial score (nSPS) is 11.7. The summed E-state index contributed by atoms with van der Waals surface area (Å²) in [5, 5.41) is 0. The highest BCUT2D eigenvalue weighted by Crippen LogP contribution is 2.19. The molecule has 0 spiro atoms. The topological polar surface area (TPSA) is 34.4 Å². The van der Waals surface area contributed by atoms with Crippen LogP contribution in [0.2, 0.25) is 0 Å². The third kappa shape index (κ3) is 3.72. The fourth-order valence-corrected chi connectivity index (χ4v) is 3.95. The summed E-state index contributed by atoms with van der Waals surface area (Å²) in [6, 6.07) is 12.3. The minimum absolute atomic E-state index is 0.150. The predicted molar refractivity (Wildman–Crippen MR) is 104 cm³/mol. The zero-order valence-electron chi connectivity index (χ0n) is 14.7. The minimum atomic E-state index is -0.150. The van der Waals surface area contributed by atoms with Crippen LogP contribution in [0.1, 0.15) is 22.3 Å². The Morgan fingerprint density at radius 2 is 1.88 bits per heavy atom. The van der Waals surface area contributed by atoms with Gasteiger partial charge in [0.1, 0.15) is 0 Å². The molecular weight excluding hydrogens is 328 g/mol. The van der Waals surface area contributed by atoms with Crippen LogP contribution in [0.25, 0.3) is 10.2 Å². The van der Waals surface area contributed by atoms with Crippen LogP contribution in [0.3, 0.4) is 0 Å². The SMILES string of the molecule is C#CCn1c(=NC(=O)Cc2cc(C)ccc2C)sc2cc(C)ccc21. The van der Waals surface area contributed by atoms with Gasteiger partial charge in [-0.1, -0.05) is 47.1 Å². The van der Waals surface area contributed by atoms with Crippen molar-refractivity contribution in [3.8, 4) is 12.3 Å².